The topological polar surface area (TPSA) is 126 Å². The van der Waals surface area contributed by atoms with Crippen LogP contribution in [0, 0.1) is 11.8 Å². The molecule has 1 spiro atoms. The molecule has 2 aliphatic carbocycles. The Morgan fingerprint density at radius 3 is 2.29 bits per heavy atom. The largest absolute Gasteiger partial charge is 0.497 e. The second-order valence-electron chi connectivity index (χ2n) is 15.9. The van der Waals surface area contributed by atoms with Crippen molar-refractivity contribution in [2.45, 2.75) is 69.6 Å². The molecule has 0 radical (unpaired) electrons. The first-order valence-electron chi connectivity index (χ1n) is 20.1. The summed E-state index contributed by atoms with van der Waals surface area (Å²) in [5.41, 5.74) is 4.87. The van der Waals surface area contributed by atoms with Gasteiger partial charge in [-0.2, -0.15) is 4.31 Å². The molecule has 0 bridgehead atoms. The van der Waals surface area contributed by atoms with E-state index in [4.69, 9.17) is 25.8 Å². The molecule has 308 valence electrons. The minimum Gasteiger partial charge on any atom is -0.497 e. The van der Waals surface area contributed by atoms with E-state index in [1.807, 2.05) is 66.7 Å². The van der Waals surface area contributed by atoms with Gasteiger partial charge in [0.1, 0.15) is 17.2 Å². The Morgan fingerprint density at radius 1 is 0.983 bits per heavy atom. The number of carboxylic acid groups (broad SMARTS) is 1. The summed E-state index contributed by atoms with van der Waals surface area (Å²) in [5, 5.41) is 22.0. The van der Waals surface area contributed by atoms with Crippen molar-refractivity contribution in [1.29, 1.82) is 0 Å². The number of aromatic carboxylic acids is 1. The smallest absolute Gasteiger partial charge is 0.335 e. The molecule has 0 saturated heterocycles. The quantitative estimate of drug-likeness (QED) is 0.0848. The van der Waals surface area contributed by atoms with Gasteiger partial charge in [0.15, 0.2) is 0 Å². The molecule has 7 rings (SSSR count). The van der Waals surface area contributed by atoms with Gasteiger partial charge in [-0.05, 0) is 134 Å². The Morgan fingerprint density at radius 2 is 1.67 bits per heavy atom. The minimum absolute atomic E-state index is 0.0214. The van der Waals surface area contributed by atoms with E-state index < -0.39 is 22.1 Å². The third-order valence-electron chi connectivity index (χ3n) is 12.2. The summed E-state index contributed by atoms with van der Waals surface area (Å²) in [7, 11) is -0.443. The van der Waals surface area contributed by atoms with Gasteiger partial charge in [-0.1, -0.05) is 54.1 Å². The van der Waals surface area contributed by atoms with Gasteiger partial charge in [-0.25, -0.2) is 13.2 Å². The van der Waals surface area contributed by atoms with E-state index in [0.717, 1.165) is 48.9 Å². The molecule has 0 amide bonds. The van der Waals surface area contributed by atoms with Crippen LogP contribution in [-0.4, -0.2) is 74.7 Å². The number of rotatable bonds is 16. The SMILES string of the molecule is COc1ccc(CN(Cc2ccc(OC)cc2)S(=O)(=O)CCC/C=C/C(O)[C@@H]2CC[C@H]2CN2CC3(CCCc4cc(Cl)ccc43)COc3ccc(C(=O)O)cc32)cc1. The summed E-state index contributed by atoms with van der Waals surface area (Å²) >= 11 is 6.42. The number of unbranched alkanes of at least 4 members (excludes halogenated alkanes) is 1. The summed E-state index contributed by atoms with van der Waals surface area (Å²) in [6.45, 7) is 2.24. The van der Waals surface area contributed by atoms with Gasteiger partial charge >= 0.3 is 5.97 Å². The van der Waals surface area contributed by atoms with Crippen molar-refractivity contribution in [2.24, 2.45) is 11.8 Å². The Kier molecular flexibility index (Phi) is 13.0. The van der Waals surface area contributed by atoms with Crippen molar-refractivity contribution in [2.75, 3.05) is 44.6 Å². The van der Waals surface area contributed by atoms with E-state index in [-0.39, 0.29) is 41.7 Å². The van der Waals surface area contributed by atoms with Gasteiger partial charge in [0.05, 0.1) is 43.9 Å². The van der Waals surface area contributed by atoms with Gasteiger partial charge in [0, 0.05) is 36.6 Å². The Hall–Kier alpha value is -4.55. The number of fused-ring (bicyclic) bond motifs is 3. The second kappa shape index (κ2) is 18.2. The number of nitrogens with zero attached hydrogens (tertiary/aromatic N) is 2. The molecule has 4 aromatic carbocycles. The number of sulfonamides is 1. The fraction of sp³-hybridized carbons (Fsp3) is 0.413. The monoisotopic (exact) mass is 828 g/mol. The summed E-state index contributed by atoms with van der Waals surface area (Å²) in [6, 6.07) is 26.0. The summed E-state index contributed by atoms with van der Waals surface area (Å²) in [5.74, 6) is 1.26. The normalized spacial score (nSPS) is 20.8. The zero-order valence-electron chi connectivity index (χ0n) is 33.2. The van der Waals surface area contributed by atoms with Crippen molar-refractivity contribution < 1.29 is 37.6 Å². The van der Waals surface area contributed by atoms with E-state index in [9.17, 15) is 23.4 Å². The molecular weight excluding hydrogens is 776 g/mol. The number of aliphatic hydroxyl groups excluding tert-OH is 1. The first-order valence-corrected chi connectivity index (χ1v) is 22.1. The molecule has 3 aliphatic rings. The zero-order valence-corrected chi connectivity index (χ0v) is 34.8. The van der Waals surface area contributed by atoms with Crippen LogP contribution in [0.5, 0.6) is 17.2 Å². The minimum atomic E-state index is -3.64. The van der Waals surface area contributed by atoms with Crippen molar-refractivity contribution in [3.8, 4) is 17.2 Å². The van der Waals surface area contributed by atoms with Gasteiger partial charge in [-0.3, -0.25) is 0 Å². The van der Waals surface area contributed by atoms with Crippen molar-refractivity contribution in [1.82, 2.24) is 4.31 Å². The summed E-state index contributed by atoms with van der Waals surface area (Å²) < 4.78 is 46.2. The van der Waals surface area contributed by atoms with Crippen molar-refractivity contribution in [3.63, 3.8) is 0 Å². The lowest BCUT2D eigenvalue weighted by molar-refractivity contribution is 0.0456. The Balaban J connectivity index is 1.00. The molecule has 1 fully saturated rings. The molecule has 2 unspecified atom stereocenters. The number of aryl methyl sites for hydroxylation is 1. The molecule has 0 aromatic heterocycles. The summed E-state index contributed by atoms with van der Waals surface area (Å²) in [6.07, 6.45) is 8.66. The third-order valence-corrected chi connectivity index (χ3v) is 14.3. The molecular formula is C46H53ClN2O8S. The number of halogens is 1. The molecule has 2 N–H and O–H groups in total. The molecule has 4 aromatic rings. The predicted octanol–water partition coefficient (Wildman–Crippen LogP) is 8.28. The van der Waals surface area contributed by atoms with Gasteiger partial charge < -0.3 is 29.3 Å². The van der Waals surface area contributed by atoms with Crippen LogP contribution in [0.25, 0.3) is 0 Å². The second-order valence-corrected chi connectivity index (χ2v) is 18.5. The number of allylic oxidation sites excluding steroid dienone is 1. The maximum absolute atomic E-state index is 13.8. The number of anilines is 1. The molecule has 4 atom stereocenters. The van der Waals surface area contributed by atoms with Crippen LogP contribution in [0.4, 0.5) is 5.69 Å². The number of ether oxygens (including phenoxy) is 3. The number of methoxy groups -OCH3 is 2. The predicted molar refractivity (Wildman–Crippen MR) is 227 cm³/mol. The Bertz CT molecular complexity index is 2150. The van der Waals surface area contributed by atoms with E-state index >= 15 is 0 Å². The molecule has 1 aliphatic heterocycles. The van der Waals surface area contributed by atoms with Crippen molar-refractivity contribution >= 4 is 33.3 Å². The maximum Gasteiger partial charge on any atom is 0.335 e. The molecule has 12 heteroatoms. The van der Waals surface area contributed by atoms with E-state index in [1.165, 1.54) is 15.4 Å². The zero-order chi connectivity index (χ0) is 40.9. The van der Waals surface area contributed by atoms with Crippen molar-refractivity contribution in [3.05, 3.63) is 130 Å². The number of hydrogen-bond acceptors (Lipinski definition) is 8. The lowest BCUT2D eigenvalue weighted by Crippen LogP contribution is -2.49. The molecule has 1 heterocycles. The van der Waals surface area contributed by atoms with Crippen LogP contribution in [0.2, 0.25) is 5.02 Å². The molecule has 1 saturated carbocycles. The molecule has 58 heavy (non-hydrogen) atoms. The number of carbonyl (C=O) groups is 1. The first kappa shape index (κ1) is 41.6. The van der Waals surface area contributed by atoms with Crippen LogP contribution in [-0.2, 0) is 34.9 Å². The number of hydrogen-bond donors (Lipinski definition) is 2. The highest BCUT2D eigenvalue weighted by Crippen LogP contribution is 2.46. The third kappa shape index (κ3) is 9.49. The van der Waals surface area contributed by atoms with Gasteiger partial charge in [0.2, 0.25) is 10.0 Å². The van der Waals surface area contributed by atoms with E-state index in [0.29, 0.717) is 54.8 Å². The Labute approximate surface area is 347 Å². The van der Waals surface area contributed by atoms with E-state index in [2.05, 4.69) is 17.0 Å². The van der Waals surface area contributed by atoms with Crippen LogP contribution >= 0.6 is 11.6 Å². The average molecular weight is 829 g/mol. The lowest BCUT2D eigenvalue weighted by Gasteiger charge is -2.45. The standard InChI is InChI=1S/C46H53ClN2O8S/c1-55-38-16-9-32(10-17-38)27-49(28-33-11-18-39(56-2)19-12-33)58(53,54)24-5-3-4-8-43(50)40-20-13-36(40)29-48-30-46(23-6-7-34-25-37(47)15-21-41(34)46)31-57-44-22-14-35(45(51)52)26-42(44)48/h4,8-12,14-19,21-22,25-26,36,40,43,50H,3,5-7,13,20,23-24,27-31H2,1-2H3,(H,51,52)/b8-4+/t36-,40+,43?,46?/m0/s1. The van der Waals surface area contributed by atoms with Crippen LogP contribution < -0.4 is 19.1 Å². The average Bonchev–Trinajstić information content (AvgIpc) is 3.36. The van der Waals surface area contributed by atoms with Gasteiger partial charge in [-0.15, -0.1) is 0 Å². The highest BCUT2D eigenvalue weighted by atomic mass is 35.5. The summed E-state index contributed by atoms with van der Waals surface area (Å²) in [4.78, 5) is 14.4. The number of aliphatic hydroxyl groups is 1. The maximum atomic E-state index is 13.8. The van der Waals surface area contributed by atoms with Crippen LogP contribution in [0.1, 0.15) is 71.1 Å². The first-order chi connectivity index (χ1) is 28.0. The van der Waals surface area contributed by atoms with Crippen LogP contribution in [0.3, 0.4) is 0 Å². The van der Waals surface area contributed by atoms with Crippen LogP contribution in [0.15, 0.2) is 97.1 Å². The number of benzene rings is 4. The highest BCUT2D eigenvalue weighted by Gasteiger charge is 2.44. The van der Waals surface area contributed by atoms with E-state index in [1.54, 1.807) is 32.4 Å². The highest BCUT2D eigenvalue weighted by molar-refractivity contribution is 7.89. The fourth-order valence-electron chi connectivity index (χ4n) is 8.81. The molecule has 10 nitrogen and oxygen atoms in total. The lowest BCUT2D eigenvalue weighted by atomic mass is 9.68. The number of carboxylic acids is 1. The fourth-order valence-corrected chi connectivity index (χ4v) is 10.5. The van der Waals surface area contributed by atoms with Gasteiger partial charge in [0.25, 0.3) is 0 Å².